The highest BCUT2D eigenvalue weighted by Crippen LogP contribution is 2.25. The summed E-state index contributed by atoms with van der Waals surface area (Å²) >= 11 is 0. The van der Waals surface area contributed by atoms with Gasteiger partial charge in [-0.05, 0) is 23.3 Å². The second kappa shape index (κ2) is 9.36. The van der Waals surface area contributed by atoms with E-state index < -0.39 is 0 Å². The molecule has 5 nitrogen and oxygen atoms in total. The molecule has 1 saturated heterocycles. The number of morpholine rings is 1. The Hall–Kier alpha value is -2.37. The maximum absolute atomic E-state index is 12.5. The van der Waals surface area contributed by atoms with Crippen molar-refractivity contribution in [3.63, 3.8) is 0 Å². The van der Waals surface area contributed by atoms with Crippen molar-refractivity contribution in [2.75, 3.05) is 32.9 Å². The number of hydrogen-bond acceptors (Lipinski definition) is 4. The monoisotopic (exact) mass is 355 g/mol. The molecule has 2 aromatic rings. The molecular formula is C21H25NO4. The van der Waals surface area contributed by atoms with E-state index in [1.807, 2.05) is 59.5 Å². The van der Waals surface area contributed by atoms with Crippen LogP contribution in [0.3, 0.4) is 0 Å². The van der Waals surface area contributed by atoms with E-state index in [9.17, 15) is 9.90 Å². The number of ether oxygens (including phenoxy) is 2. The Morgan fingerprint density at radius 3 is 2.62 bits per heavy atom. The standard InChI is InChI=1S/C21H25NO4/c23-15-19(14-21(24)22-9-11-25-12-10-22)18-7-4-8-20(13-18)26-16-17-5-2-1-3-6-17/h1-8,13,19,23H,9-12,14-16H2. The Morgan fingerprint density at radius 1 is 1.12 bits per heavy atom. The van der Waals surface area contributed by atoms with Crippen LogP contribution in [0, 0.1) is 0 Å². The number of aliphatic hydroxyl groups excluding tert-OH is 1. The molecule has 1 unspecified atom stereocenters. The van der Waals surface area contributed by atoms with Gasteiger partial charge in [-0.15, -0.1) is 0 Å². The average Bonchev–Trinajstić information content (AvgIpc) is 2.72. The zero-order valence-electron chi connectivity index (χ0n) is 14.8. The minimum Gasteiger partial charge on any atom is -0.489 e. The van der Waals surface area contributed by atoms with Crippen LogP contribution in [-0.2, 0) is 16.1 Å². The minimum atomic E-state index is -0.231. The SMILES string of the molecule is O=C(CC(CO)c1cccc(OCc2ccccc2)c1)N1CCOCC1. The van der Waals surface area contributed by atoms with Crippen molar-refractivity contribution in [2.24, 2.45) is 0 Å². The van der Waals surface area contributed by atoms with Gasteiger partial charge in [-0.25, -0.2) is 0 Å². The van der Waals surface area contributed by atoms with E-state index in [0.29, 0.717) is 39.3 Å². The normalized spacial score (nSPS) is 15.5. The third-order valence-electron chi connectivity index (χ3n) is 4.58. The Bertz CT molecular complexity index is 698. The Kier molecular flexibility index (Phi) is 6.63. The van der Waals surface area contributed by atoms with Gasteiger partial charge < -0.3 is 19.5 Å². The molecule has 1 heterocycles. The van der Waals surface area contributed by atoms with Gasteiger partial charge in [-0.3, -0.25) is 4.79 Å². The van der Waals surface area contributed by atoms with Gasteiger partial charge in [0.25, 0.3) is 0 Å². The summed E-state index contributed by atoms with van der Waals surface area (Å²) in [6.07, 6.45) is 0.290. The topological polar surface area (TPSA) is 59.0 Å². The fourth-order valence-electron chi connectivity index (χ4n) is 3.04. The third-order valence-corrected chi connectivity index (χ3v) is 4.58. The third kappa shape index (κ3) is 5.07. The smallest absolute Gasteiger partial charge is 0.223 e. The Morgan fingerprint density at radius 2 is 1.88 bits per heavy atom. The van der Waals surface area contributed by atoms with Gasteiger partial charge in [-0.2, -0.15) is 0 Å². The highest BCUT2D eigenvalue weighted by molar-refractivity contribution is 5.77. The fourth-order valence-corrected chi connectivity index (χ4v) is 3.04. The molecule has 0 spiro atoms. The zero-order valence-corrected chi connectivity index (χ0v) is 14.8. The molecule has 1 aliphatic rings. The molecule has 0 saturated carbocycles. The molecule has 1 N–H and O–H groups in total. The lowest BCUT2D eigenvalue weighted by atomic mass is 9.95. The molecule has 0 bridgehead atoms. The van der Waals surface area contributed by atoms with Crippen LogP contribution in [-0.4, -0.2) is 48.8 Å². The summed E-state index contributed by atoms with van der Waals surface area (Å²) in [4.78, 5) is 14.3. The van der Waals surface area contributed by atoms with Crippen LogP contribution in [0.25, 0.3) is 0 Å². The van der Waals surface area contributed by atoms with Crippen LogP contribution in [0.1, 0.15) is 23.5 Å². The van der Waals surface area contributed by atoms with Crippen LogP contribution >= 0.6 is 0 Å². The highest BCUT2D eigenvalue weighted by atomic mass is 16.5. The van der Waals surface area contributed by atoms with Gasteiger partial charge in [0.1, 0.15) is 12.4 Å². The molecular weight excluding hydrogens is 330 g/mol. The van der Waals surface area contributed by atoms with Gasteiger partial charge >= 0.3 is 0 Å². The van der Waals surface area contributed by atoms with E-state index in [-0.39, 0.29) is 18.4 Å². The second-order valence-corrected chi connectivity index (χ2v) is 6.42. The van der Waals surface area contributed by atoms with Crippen LogP contribution in [0.2, 0.25) is 0 Å². The van der Waals surface area contributed by atoms with Gasteiger partial charge in [0.05, 0.1) is 19.8 Å². The number of hydrogen-bond donors (Lipinski definition) is 1. The molecule has 1 atom stereocenters. The number of nitrogens with zero attached hydrogens (tertiary/aromatic N) is 1. The van der Waals surface area contributed by atoms with Gasteiger partial charge in [0.15, 0.2) is 0 Å². The molecule has 0 aromatic heterocycles. The second-order valence-electron chi connectivity index (χ2n) is 6.42. The first kappa shape index (κ1) is 18.4. The molecule has 0 aliphatic carbocycles. The summed E-state index contributed by atoms with van der Waals surface area (Å²) in [5, 5.41) is 9.79. The van der Waals surface area contributed by atoms with E-state index in [1.165, 1.54) is 0 Å². The maximum atomic E-state index is 12.5. The summed E-state index contributed by atoms with van der Waals surface area (Å²) < 4.78 is 11.1. The number of aliphatic hydroxyl groups is 1. The molecule has 138 valence electrons. The number of carbonyl (C=O) groups is 1. The summed E-state index contributed by atoms with van der Waals surface area (Å²) in [5.41, 5.74) is 2.01. The summed E-state index contributed by atoms with van der Waals surface area (Å²) in [6.45, 7) is 2.82. The lowest BCUT2D eigenvalue weighted by Crippen LogP contribution is -2.41. The molecule has 1 fully saturated rings. The highest BCUT2D eigenvalue weighted by Gasteiger charge is 2.22. The number of carbonyl (C=O) groups excluding carboxylic acids is 1. The molecule has 5 heteroatoms. The first-order valence-electron chi connectivity index (χ1n) is 8.99. The minimum absolute atomic E-state index is 0.0583. The van der Waals surface area contributed by atoms with Crippen molar-refractivity contribution in [1.29, 1.82) is 0 Å². The van der Waals surface area contributed by atoms with Crippen molar-refractivity contribution in [2.45, 2.75) is 18.9 Å². The molecule has 1 amide bonds. The van der Waals surface area contributed by atoms with E-state index in [2.05, 4.69) is 0 Å². The van der Waals surface area contributed by atoms with Gasteiger partial charge in [0, 0.05) is 25.4 Å². The lowest BCUT2D eigenvalue weighted by molar-refractivity contribution is -0.135. The van der Waals surface area contributed by atoms with Gasteiger partial charge in [0.2, 0.25) is 5.91 Å². The lowest BCUT2D eigenvalue weighted by Gasteiger charge is -2.28. The first-order valence-corrected chi connectivity index (χ1v) is 8.99. The van der Waals surface area contributed by atoms with Crippen LogP contribution in [0.5, 0.6) is 5.75 Å². The molecule has 0 radical (unpaired) electrons. The van der Waals surface area contributed by atoms with Crippen LogP contribution < -0.4 is 4.74 Å². The van der Waals surface area contributed by atoms with E-state index in [0.717, 1.165) is 16.9 Å². The predicted molar refractivity (Wildman–Crippen MR) is 99.1 cm³/mol. The Balaban J connectivity index is 1.61. The quantitative estimate of drug-likeness (QED) is 0.829. The van der Waals surface area contributed by atoms with E-state index in [4.69, 9.17) is 9.47 Å². The van der Waals surface area contributed by atoms with Gasteiger partial charge in [-0.1, -0.05) is 42.5 Å². The summed E-state index contributed by atoms with van der Waals surface area (Å²) in [5.74, 6) is 0.567. The molecule has 26 heavy (non-hydrogen) atoms. The predicted octanol–water partition coefficient (Wildman–Crippen LogP) is 2.59. The summed E-state index contributed by atoms with van der Waals surface area (Å²) in [6, 6.07) is 17.6. The van der Waals surface area contributed by atoms with Crippen molar-refractivity contribution >= 4 is 5.91 Å². The summed E-state index contributed by atoms with van der Waals surface area (Å²) in [7, 11) is 0. The molecule has 1 aliphatic heterocycles. The van der Waals surface area contributed by atoms with Crippen molar-refractivity contribution in [3.8, 4) is 5.75 Å². The first-order chi connectivity index (χ1) is 12.8. The van der Waals surface area contributed by atoms with Crippen molar-refractivity contribution in [3.05, 3.63) is 65.7 Å². The molecule has 3 rings (SSSR count). The van der Waals surface area contributed by atoms with E-state index in [1.54, 1.807) is 0 Å². The van der Waals surface area contributed by atoms with E-state index >= 15 is 0 Å². The number of amides is 1. The largest absolute Gasteiger partial charge is 0.489 e. The number of rotatable bonds is 7. The average molecular weight is 355 g/mol. The zero-order chi connectivity index (χ0) is 18.2. The number of benzene rings is 2. The Labute approximate surface area is 154 Å². The maximum Gasteiger partial charge on any atom is 0.223 e. The van der Waals surface area contributed by atoms with Crippen LogP contribution in [0.15, 0.2) is 54.6 Å². The van der Waals surface area contributed by atoms with Crippen molar-refractivity contribution < 1.29 is 19.4 Å². The van der Waals surface area contributed by atoms with Crippen molar-refractivity contribution in [1.82, 2.24) is 4.90 Å². The van der Waals surface area contributed by atoms with Crippen LogP contribution in [0.4, 0.5) is 0 Å². The fraction of sp³-hybridized carbons (Fsp3) is 0.381. The molecule has 2 aromatic carbocycles.